The van der Waals surface area contributed by atoms with Gasteiger partial charge in [-0.2, -0.15) is 4.98 Å². The SMILES string of the molecule is CNC1CCCN(CCc2ccc(-n3ccc(NC(=O)N4CCN(C(=O)C(C)(C)N)CC4)nc3=O)cc2)CC1.Cl. The van der Waals surface area contributed by atoms with Crippen LogP contribution in [0.15, 0.2) is 41.3 Å². The highest BCUT2D eigenvalue weighted by molar-refractivity contribution is 5.89. The van der Waals surface area contributed by atoms with Crippen LogP contribution < -0.4 is 22.1 Å². The number of urea groups is 1. The predicted molar refractivity (Wildman–Crippen MR) is 159 cm³/mol. The zero-order valence-electron chi connectivity index (χ0n) is 23.8. The molecule has 1 atom stereocenters. The highest BCUT2D eigenvalue weighted by atomic mass is 35.5. The summed E-state index contributed by atoms with van der Waals surface area (Å²) in [5.74, 6) is 0.0542. The van der Waals surface area contributed by atoms with E-state index in [1.807, 2.05) is 19.2 Å². The van der Waals surface area contributed by atoms with Crippen LogP contribution in [0.25, 0.3) is 5.69 Å². The molecule has 3 heterocycles. The van der Waals surface area contributed by atoms with Crippen LogP contribution in [0.2, 0.25) is 0 Å². The maximum absolute atomic E-state index is 12.7. The zero-order chi connectivity index (χ0) is 28.0. The largest absolute Gasteiger partial charge is 0.354 e. The minimum atomic E-state index is -0.943. The normalized spacial score (nSPS) is 18.6. The second-order valence-corrected chi connectivity index (χ2v) is 11.1. The number of anilines is 1. The van der Waals surface area contributed by atoms with Crippen LogP contribution in [0.1, 0.15) is 38.7 Å². The molecule has 3 amide bonds. The van der Waals surface area contributed by atoms with Crippen molar-refractivity contribution in [2.45, 2.75) is 51.1 Å². The Hall–Kier alpha value is -2.99. The van der Waals surface area contributed by atoms with E-state index in [1.54, 1.807) is 35.9 Å². The molecular formula is C28H43ClN8O3. The topological polar surface area (TPSA) is 129 Å². The van der Waals surface area contributed by atoms with E-state index in [9.17, 15) is 14.4 Å². The van der Waals surface area contributed by atoms with Gasteiger partial charge in [-0.15, -0.1) is 12.4 Å². The van der Waals surface area contributed by atoms with E-state index in [4.69, 9.17) is 5.73 Å². The van der Waals surface area contributed by atoms with Crippen molar-refractivity contribution in [3.63, 3.8) is 0 Å². The molecule has 0 bridgehead atoms. The third kappa shape index (κ3) is 8.26. The van der Waals surface area contributed by atoms with Crippen LogP contribution in [0.3, 0.4) is 0 Å². The third-order valence-electron chi connectivity index (χ3n) is 7.60. The smallest absolute Gasteiger partial charge is 0.338 e. The Kier molecular flexibility index (Phi) is 11.1. The molecule has 0 saturated carbocycles. The molecule has 12 heteroatoms. The van der Waals surface area contributed by atoms with Crippen LogP contribution in [-0.2, 0) is 11.2 Å². The number of rotatable bonds is 7. The first-order valence-electron chi connectivity index (χ1n) is 13.9. The average molecular weight is 575 g/mol. The standard InChI is InChI=1S/C28H42N8O3.ClH/c1-28(2,29)25(37)34-17-19-35(20-18-34)26(38)31-24-12-16-36(27(39)32-24)23-8-6-21(7-9-23)10-14-33-13-4-5-22(30-3)11-15-33;/h6-9,12,16,22,30H,4-5,10-11,13-15,17-20,29H2,1-3H3,(H,31,32,38,39);1H. The number of aromatic nitrogens is 2. The molecule has 220 valence electrons. The second-order valence-electron chi connectivity index (χ2n) is 11.1. The molecule has 4 rings (SSSR count). The Bertz CT molecular complexity index is 1190. The van der Waals surface area contributed by atoms with Crippen molar-refractivity contribution in [1.82, 2.24) is 29.6 Å². The van der Waals surface area contributed by atoms with Gasteiger partial charge in [-0.05, 0) is 83.4 Å². The zero-order valence-corrected chi connectivity index (χ0v) is 24.6. The van der Waals surface area contributed by atoms with Gasteiger partial charge in [-0.3, -0.25) is 14.7 Å². The lowest BCUT2D eigenvalue weighted by atomic mass is 10.1. The second kappa shape index (κ2) is 14.1. The molecule has 1 aromatic heterocycles. The summed E-state index contributed by atoms with van der Waals surface area (Å²) in [6, 6.07) is 9.86. The Morgan fingerprint density at radius 1 is 1.00 bits per heavy atom. The number of nitrogens with one attached hydrogen (secondary N) is 2. The first-order valence-corrected chi connectivity index (χ1v) is 13.9. The number of halogens is 1. The van der Waals surface area contributed by atoms with E-state index in [2.05, 4.69) is 32.7 Å². The summed E-state index contributed by atoms with van der Waals surface area (Å²) >= 11 is 0. The van der Waals surface area contributed by atoms with Gasteiger partial charge in [0.15, 0.2) is 0 Å². The maximum Gasteiger partial charge on any atom is 0.354 e. The Morgan fingerprint density at radius 3 is 2.30 bits per heavy atom. The van der Waals surface area contributed by atoms with Gasteiger partial charge < -0.3 is 25.8 Å². The molecule has 1 unspecified atom stereocenters. The molecular weight excluding hydrogens is 532 g/mol. The lowest BCUT2D eigenvalue weighted by Crippen LogP contribution is -2.58. The van der Waals surface area contributed by atoms with Gasteiger partial charge in [-0.25, -0.2) is 9.59 Å². The van der Waals surface area contributed by atoms with Crippen molar-refractivity contribution in [2.75, 3.05) is 58.2 Å². The molecule has 0 aliphatic carbocycles. The van der Waals surface area contributed by atoms with E-state index in [1.165, 1.54) is 29.4 Å². The number of hydrogen-bond donors (Lipinski definition) is 3. The summed E-state index contributed by atoms with van der Waals surface area (Å²) in [6.45, 7) is 8.22. The number of piperazine rings is 1. The summed E-state index contributed by atoms with van der Waals surface area (Å²) in [7, 11) is 2.05. The number of likely N-dealkylation sites (tertiary alicyclic amines) is 1. The number of carbonyl (C=O) groups excluding carboxylic acids is 2. The summed E-state index contributed by atoms with van der Waals surface area (Å²) in [6.07, 6.45) is 6.23. The van der Waals surface area contributed by atoms with E-state index in [-0.39, 0.29) is 30.2 Å². The summed E-state index contributed by atoms with van der Waals surface area (Å²) in [4.78, 5) is 47.6. The van der Waals surface area contributed by atoms with E-state index < -0.39 is 11.2 Å². The molecule has 1 aromatic carbocycles. The molecule has 2 aliphatic rings. The van der Waals surface area contributed by atoms with Crippen LogP contribution in [0.5, 0.6) is 0 Å². The van der Waals surface area contributed by atoms with Crippen molar-refractivity contribution >= 4 is 30.2 Å². The lowest BCUT2D eigenvalue weighted by Gasteiger charge is -2.37. The summed E-state index contributed by atoms with van der Waals surface area (Å²) < 4.78 is 1.46. The monoisotopic (exact) mass is 574 g/mol. The molecule has 2 aliphatic heterocycles. The fourth-order valence-electron chi connectivity index (χ4n) is 5.16. The highest BCUT2D eigenvalue weighted by Gasteiger charge is 2.31. The van der Waals surface area contributed by atoms with Gasteiger partial charge in [0.1, 0.15) is 5.82 Å². The van der Waals surface area contributed by atoms with Crippen molar-refractivity contribution in [2.24, 2.45) is 5.73 Å². The highest BCUT2D eigenvalue weighted by Crippen LogP contribution is 2.14. The van der Waals surface area contributed by atoms with E-state index in [0.29, 0.717) is 32.2 Å². The molecule has 4 N–H and O–H groups in total. The molecule has 40 heavy (non-hydrogen) atoms. The van der Waals surface area contributed by atoms with Gasteiger partial charge in [0.25, 0.3) is 0 Å². The fraction of sp³-hybridized carbons (Fsp3) is 0.571. The lowest BCUT2D eigenvalue weighted by molar-refractivity contribution is -0.137. The van der Waals surface area contributed by atoms with Gasteiger partial charge in [0.05, 0.1) is 11.2 Å². The Morgan fingerprint density at radius 2 is 1.68 bits per heavy atom. The van der Waals surface area contributed by atoms with Gasteiger partial charge in [0, 0.05) is 45.0 Å². The quantitative estimate of drug-likeness (QED) is 0.459. The minimum Gasteiger partial charge on any atom is -0.338 e. The summed E-state index contributed by atoms with van der Waals surface area (Å²) in [5.41, 5.74) is 6.46. The van der Waals surface area contributed by atoms with Gasteiger partial charge in [-0.1, -0.05) is 12.1 Å². The van der Waals surface area contributed by atoms with Crippen LogP contribution in [-0.4, -0.2) is 101 Å². The summed E-state index contributed by atoms with van der Waals surface area (Å²) in [5, 5.41) is 6.10. The number of nitrogens with two attached hydrogens (primary N) is 1. The number of nitrogens with zero attached hydrogens (tertiary/aromatic N) is 5. The predicted octanol–water partition coefficient (Wildman–Crippen LogP) is 1.68. The Labute approximate surface area is 242 Å². The molecule has 2 saturated heterocycles. The maximum atomic E-state index is 12.7. The van der Waals surface area contributed by atoms with Crippen LogP contribution >= 0.6 is 12.4 Å². The number of benzene rings is 1. The number of hydrogen-bond acceptors (Lipinski definition) is 7. The first kappa shape index (κ1) is 31.5. The molecule has 11 nitrogen and oxygen atoms in total. The first-order chi connectivity index (χ1) is 18.6. The van der Waals surface area contributed by atoms with Crippen molar-refractivity contribution in [1.29, 1.82) is 0 Å². The van der Waals surface area contributed by atoms with Crippen molar-refractivity contribution in [3.05, 3.63) is 52.6 Å². The molecule has 2 aromatic rings. The minimum absolute atomic E-state index is 0. The Balaban J connectivity index is 0.00000441. The average Bonchev–Trinajstić information content (AvgIpc) is 3.17. The fourth-order valence-corrected chi connectivity index (χ4v) is 5.16. The molecule has 2 fully saturated rings. The van der Waals surface area contributed by atoms with E-state index >= 15 is 0 Å². The third-order valence-corrected chi connectivity index (χ3v) is 7.60. The molecule has 0 spiro atoms. The van der Waals surface area contributed by atoms with Gasteiger partial charge in [0.2, 0.25) is 5.91 Å². The number of carbonyl (C=O) groups is 2. The van der Waals surface area contributed by atoms with Crippen molar-refractivity contribution < 1.29 is 9.59 Å². The van der Waals surface area contributed by atoms with E-state index in [0.717, 1.165) is 31.7 Å². The number of amides is 3. The van der Waals surface area contributed by atoms with Crippen LogP contribution in [0.4, 0.5) is 10.6 Å². The van der Waals surface area contributed by atoms with Crippen molar-refractivity contribution in [3.8, 4) is 5.69 Å². The van der Waals surface area contributed by atoms with Gasteiger partial charge >= 0.3 is 11.7 Å². The molecule has 0 radical (unpaired) electrons. The van der Waals surface area contributed by atoms with Crippen LogP contribution in [0, 0.1) is 0 Å².